The zero-order valence-corrected chi connectivity index (χ0v) is 20.7. The molecule has 4 heterocycles. The number of benzene rings is 1. The Hall–Kier alpha value is -3.68. The van der Waals surface area contributed by atoms with Crippen molar-refractivity contribution >= 4 is 18.0 Å². The summed E-state index contributed by atoms with van der Waals surface area (Å²) in [6.45, 7) is 4.08. The fourth-order valence-corrected chi connectivity index (χ4v) is 6.40. The van der Waals surface area contributed by atoms with Crippen LogP contribution in [-0.2, 0) is 19.4 Å². The average molecular weight is 490 g/mol. The Morgan fingerprint density at radius 1 is 1.19 bits per heavy atom. The molecule has 1 aliphatic carbocycles. The second-order valence-corrected chi connectivity index (χ2v) is 9.96. The number of piperidine rings is 1. The van der Waals surface area contributed by atoms with Crippen molar-refractivity contribution in [1.82, 2.24) is 14.7 Å². The monoisotopic (exact) mass is 489 g/mol. The topological polar surface area (TPSA) is 86.5 Å². The normalized spacial score (nSPS) is 20.1. The van der Waals surface area contributed by atoms with Gasteiger partial charge in [0.1, 0.15) is 17.3 Å². The molecule has 0 saturated carbocycles. The predicted molar refractivity (Wildman–Crippen MR) is 134 cm³/mol. The Morgan fingerprint density at radius 2 is 2.00 bits per heavy atom. The quantitative estimate of drug-likeness (QED) is 0.694. The number of allylic oxidation sites excluding steroid dienone is 2. The van der Waals surface area contributed by atoms with Crippen molar-refractivity contribution < 1.29 is 23.8 Å². The van der Waals surface area contributed by atoms with Crippen LogP contribution >= 0.6 is 0 Å². The third-order valence-corrected chi connectivity index (χ3v) is 8.18. The third-order valence-electron chi connectivity index (χ3n) is 8.18. The van der Waals surface area contributed by atoms with Gasteiger partial charge in [-0.05, 0) is 68.4 Å². The van der Waals surface area contributed by atoms with Gasteiger partial charge in [0.25, 0.3) is 5.91 Å². The number of furan rings is 1. The Labute approximate surface area is 210 Å². The molecule has 0 bridgehead atoms. The molecule has 8 nitrogen and oxygen atoms in total. The Morgan fingerprint density at radius 3 is 2.72 bits per heavy atom. The number of hydrogen-bond donors (Lipinski definition) is 1. The number of likely N-dealkylation sites (tertiary alicyclic amines) is 1. The number of likely N-dealkylation sites (N-methyl/N-ethyl adjacent to an activating group) is 1. The number of carbonyl (C=O) groups excluding carboxylic acids is 2. The molecule has 4 aliphatic rings. The van der Waals surface area contributed by atoms with Gasteiger partial charge in [-0.3, -0.25) is 9.69 Å². The van der Waals surface area contributed by atoms with Crippen molar-refractivity contribution in [3.8, 4) is 11.5 Å². The van der Waals surface area contributed by atoms with Gasteiger partial charge in [0.05, 0.1) is 19.2 Å². The number of hydrogen-bond acceptors (Lipinski definition) is 5. The number of aryl methyl sites for hydroxylation is 1. The number of methoxy groups -OCH3 is 1. The lowest BCUT2D eigenvalue weighted by Gasteiger charge is -2.44. The van der Waals surface area contributed by atoms with Crippen LogP contribution in [0.5, 0.6) is 11.5 Å². The first kappa shape index (κ1) is 22.8. The van der Waals surface area contributed by atoms with Crippen LogP contribution < -0.4 is 4.74 Å². The standard InChI is InChI=1S/C28H31N3O5/c1-3-31-27(34)30-17-19-14-20(32)16-23(35-2)21(19)8-9-25(30)28(31)10-12-29(13-11-28)26(33)24-15-18-6-4-5-7-22(18)36-24/h5,7,9,14-16,32H,3-4,6,8,10-13,17H2,1-2H3. The summed E-state index contributed by atoms with van der Waals surface area (Å²) in [5, 5.41) is 10.2. The molecule has 1 N–H and O–H groups in total. The van der Waals surface area contributed by atoms with Gasteiger partial charge in [0.2, 0.25) is 0 Å². The van der Waals surface area contributed by atoms with E-state index in [9.17, 15) is 14.7 Å². The van der Waals surface area contributed by atoms with Gasteiger partial charge in [-0.2, -0.15) is 0 Å². The molecule has 2 fully saturated rings. The lowest BCUT2D eigenvalue weighted by Crippen LogP contribution is -2.54. The first-order valence-corrected chi connectivity index (χ1v) is 12.7. The molecule has 8 heteroatoms. The van der Waals surface area contributed by atoms with E-state index in [-0.39, 0.29) is 17.7 Å². The van der Waals surface area contributed by atoms with Crippen molar-refractivity contribution in [3.05, 3.63) is 64.3 Å². The van der Waals surface area contributed by atoms with Crippen LogP contribution in [0.1, 0.15) is 59.2 Å². The zero-order chi connectivity index (χ0) is 25.0. The molecule has 0 atom stereocenters. The third kappa shape index (κ3) is 3.34. The van der Waals surface area contributed by atoms with Crippen LogP contribution in [-0.4, -0.2) is 64.0 Å². The van der Waals surface area contributed by atoms with E-state index in [1.807, 2.05) is 33.8 Å². The van der Waals surface area contributed by atoms with Gasteiger partial charge < -0.3 is 24.1 Å². The van der Waals surface area contributed by atoms with Crippen molar-refractivity contribution in [2.24, 2.45) is 0 Å². The van der Waals surface area contributed by atoms with E-state index in [1.54, 1.807) is 19.2 Å². The smallest absolute Gasteiger partial charge is 0.325 e. The highest BCUT2D eigenvalue weighted by atomic mass is 16.5. The number of carbonyl (C=O) groups is 2. The Bertz CT molecular complexity index is 1300. The molecule has 36 heavy (non-hydrogen) atoms. The van der Waals surface area contributed by atoms with E-state index >= 15 is 0 Å². The zero-order valence-electron chi connectivity index (χ0n) is 20.7. The van der Waals surface area contributed by atoms with E-state index < -0.39 is 5.54 Å². The van der Waals surface area contributed by atoms with Crippen LogP contribution in [0.15, 0.2) is 40.5 Å². The fourth-order valence-electron chi connectivity index (χ4n) is 6.40. The minimum absolute atomic E-state index is 0.0239. The second kappa shape index (κ2) is 8.47. The van der Waals surface area contributed by atoms with Crippen molar-refractivity contribution in [2.75, 3.05) is 26.7 Å². The molecular formula is C28H31N3O5. The number of fused-ring (bicyclic) bond motifs is 4. The van der Waals surface area contributed by atoms with Gasteiger partial charge in [-0.15, -0.1) is 0 Å². The van der Waals surface area contributed by atoms with E-state index in [4.69, 9.17) is 9.15 Å². The van der Waals surface area contributed by atoms with Gasteiger partial charge in [-0.1, -0.05) is 12.2 Å². The van der Waals surface area contributed by atoms with Crippen LogP contribution in [0.4, 0.5) is 4.79 Å². The van der Waals surface area contributed by atoms with Gasteiger partial charge in [-0.25, -0.2) is 4.79 Å². The van der Waals surface area contributed by atoms with Gasteiger partial charge in [0, 0.05) is 37.0 Å². The first-order chi connectivity index (χ1) is 17.4. The van der Waals surface area contributed by atoms with Gasteiger partial charge >= 0.3 is 6.03 Å². The van der Waals surface area contributed by atoms with E-state index in [2.05, 4.69) is 12.2 Å². The molecule has 3 amide bonds. The summed E-state index contributed by atoms with van der Waals surface area (Å²) < 4.78 is 11.4. The van der Waals surface area contributed by atoms with Crippen LogP contribution in [0.25, 0.3) is 6.08 Å². The molecule has 2 saturated heterocycles. The molecule has 2 aromatic rings. The number of aromatic hydroxyl groups is 1. The Kier molecular flexibility index (Phi) is 5.35. The maximum Gasteiger partial charge on any atom is 0.325 e. The number of nitrogens with zero attached hydrogens (tertiary/aromatic N) is 3. The highest BCUT2D eigenvalue weighted by Crippen LogP contribution is 2.47. The van der Waals surface area contributed by atoms with Crippen molar-refractivity contribution in [3.63, 3.8) is 0 Å². The molecule has 188 valence electrons. The molecule has 1 aromatic carbocycles. The summed E-state index contributed by atoms with van der Waals surface area (Å²) in [5.41, 5.74) is 3.52. The lowest BCUT2D eigenvalue weighted by atomic mass is 9.83. The largest absolute Gasteiger partial charge is 0.508 e. The number of amides is 3. The average Bonchev–Trinajstić information content (AvgIpc) is 3.33. The summed E-state index contributed by atoms with van der Waals surface area (Å²) in [4.78, 5) is 32.6. The summed E-state index contributed by atoms with van der Waals surface area (Å²) in [5.74, 6) is 1.87. The fraction of sp³-hybridized carbons (Fsp3) is 0.429. The van der Waals surface area contributed by atoms with E-state index in [1.165, 1.54) is 0 Å². The van der Waals surface area contributed by atoms with Crippen LogP contribution in [0.2, 0.25) is 0 Å². The maximum atomic E-state index is 13.6. The SMILES string of the molecule is CCN1C(=O)N2Cc3cc(O)cc(OC)c3CC=C2C12CCN(C(=O)c1cc3c(o1)C=CCC3)CC2. The van der Waals surface area contributed by atoms with Gasteiger partial charge in [0.15, 0.2) is 5.76 Å². The number of ether oxygens (including phenoxy) is 1. The molecule has 6 rings (SSSR count). The summed E-state index contributed by atoms with van der Waals surface area (Å²) >= 11 is 0. The molecule has 0 unspecified atom stereocenters. The highest BCUT2D eigenvalue weighted by Gasteiger charge is 2.54. The predicted octanol–water partition coefficient (Wildman–Crippen LogP) is 4.33. The van der Waals surface area contributed by atoms with Crippen LogP contribution in [0, 0.1) is 0 Å². The van der Waals surface area contributed by atoms with E-state index in [0.717, 1.165) is 41.0 Å². The lowest BCUT2D eigenvalue weighted by molar-refractivity contribution is 0.0547. The highest BCUT2D eigenvalue weighted by molar-refractivity contribution is 5.92. The van der Waals surface area contributed by atoms with E-state index in [0.29, 0.717) is 57.0 Å². The number of phenolic OH excluding ortho intramolecular Hbond substituents is 1. The Balaban J connectivity index is 1.27. The molecular weight excluding hydrogens is 458 g/mol. The number of phenols is 1. The van der Waals surface area contributed by atoms with Crippen molar-refractivity contribution in [2.45, 2.75) is 51.1 Å². The molecule has 1 spiro atoms. The molecule has 3 aliphatic heterocycles. The van der Waals surface area contributed by atoms with Crippen LogP contribution in [0.3, 0.4) is 0 Å². The second-order valence-electron chi connectivity index (χ2n) is 9.96. The summed E-state index contributed by atoms with van der Waals surface area (Å²) in [6.07, 6.45) is 9.98. The molecule has 0 radical (unpaired) electrons. The first-order valence-electron chi connectivity index (χ1n) is 12.7. The molecule has 1 aromatic heterocycles. The number of rotatable bonds is 3. The minimum Gasteiger partial charge on any atom is -0.508 e. The number of urea groups is 1. The van der Waals surface area contributed by atoms with Crippen molar-refractivity contribution in [1.29, 1.82) is 0 Å². The minimum atomic E-state index is -0.453. The summed E-state index contributed by atoms with van der Waals surface area (Å²) in [7, 11) is 1.60. The summed E-state index contributed by atoms with van der Waals surface area (Å²) in [6, 6.07) is 5.21. The maximum absolute atomic E-state index is 13.6.